The Morgan fingerprint density at radius 1 is 1.27 bits per heavy atom. The lowest BCUT2D eigenvalue weighted by molar-refractivity contribution is 0.235. The quantitative estimate of drug-likeness (QED) is 0.773. The van der Waals surface area contributed by atoms with Crippen molar-refractivity contribution in [2.75, 3.05) is 44.3 Å². The molecule has 2 rings (SSSR count). The van der Waals surface area contributed by atoms with Crippen LogP contribution >= 0.6 is 11.3 Å². The van der Waals surface area contributed by atoms with E-state index in [4.69, 9.17) is 0 Å². The Balaban J connectivity index is 1.88. The van der Waals surface area contributed by atoms with Gasteiger partial charge in [-0.1, -0.05) is 11.3 Å². The van der Waals surface area contributed by atoms with Crippen LogP contribution < -0.4 is 4.90 Å². The van der Waals surface area contributed by atoms with E-state index in [9.17, 15) is 4.39 Å². The predicted octanol–water partition coefficient (Wildman–Crippen LogP) is 0.938. The van der Waals surface area contributed by atoms with Gasteiger partial charge < -0.3 is 4.90 Å². The van der Waals surface area contributed by atoms with Crippen molar-refractivity contribution in [2.24, 2.45) is 0 Å². The minimum absolute atomic E-state index is 0.252. The van der Waals surface area contributed by atoms with Gasteiger partial charge in [-0.3, -0.25) is 4.90 Å². The van der Waals surface area contributed by atoms with E-state index < -0.39 is 0 Å². The fraction of sp³-hybridized carbons (Fsp3) is 0.778. The molecule has 0 saturated carbocycles. The lowest BCUT2D eigenvalue weighted by Crippen LogP contribution is -2.47. The van der Waals surface area contributed by atoms with Gasteiger partial charge in [-0.05, 0) is 6.92 Å². The van der Waals surface area contributed by atoms with Crippen LogP contribution in [0.25, 0.3) is 0 Å². The fourth-order valence-corrected chi connectivity index (χ4v) is 2.44. The molecule has 0 aromatic carbocycles. The van der Waals surface area contributed by atoms with Gasteiger partial charge in [0.15, 0.2) is 0 Å². The Labute approximate surface area is 92.7 Å². The molecule has 0 unspecified atom stereocenters. The van der Waals surface area contributed by atoms with Crippen molar-refractivity contribution in [1.82, 2.24) is 15.1 Å². The van der Waals surface area contributed by atoms with Crippen molar-refractivity contribution in [3.8, 4) is 0 Å². The monoisotopic (exact) mass is 230 g/mol. The van der Waals surface area contributed by atoms with Crippen LogP contribution in [0.1, 0.15) is 5.01 Å². The van der Waals surface area contributed by atoms with Gasteiger partial charge in [-0.25, -0.2) is 4.39 Å². The minimum atomic E-state index is -0.252. The van der Waals surface area contributed by atoms with Gasteiger partial charge in [-0.2, -0.15) is 0 Å². The van der Waals surface area contributed by atoms with Crippen molar-refractivity contribution >= 4 is 16.5 Å². The number of anilines is 1. The van der Waals surface area contributed by atoms with Crippen LogP contribution in [0.4, 0.5) is 9.52 Å². The molecule has 1 aliphatic rings. The Hall–Kier alpha value is -0.750. The Bertz CT molecular complexity index is 309. The van der Waals surface area contributed by atoms with Gasteiger partial charge >= 0.3 is 0 Å². The molecule has 1 fully saturated rings. The summed E-state index contributed by atoms with van der Waals surface area (Å²) < 4.78 is 12.1. The van der Waals surface area contributed by atoms with E-state index in [1.807, 2.05) is 6.92 Å². The molecule has 0 spiro atoms. The molecule has 2 heterocycles. The number of rotatable bonds is 3. The molecule has 0 N–H and O–H groups in total. The zero-order valence-electron chi connectivity index (χ0n) is 8.82. The molecule has 6 heteroatoms. The zero-order valence-corrected chi connectivity index (χ0v) is 9.63. The SMILES string of the molecule is Cc1nnc(N2CCN(CCF)CC2)s1. The summed E-state index contributed by atoms with van der Waals surface area (Å²) in [5, 5.41) is 10.1. The minimum Gasteiger partial charge on any atom is -0.344 e. The maximum atomic E-state index is 12.1. The standard InChI is InChI=1S/C9H15FN4S/c1-8-11-12-9(15-8)14-6-4-13(3-2-10)5-7-14/h2-7H2,1H3. The lowest BCUT2D eigenvalue weighted by Gasteiger charge is -2.33. The molecule has 15 heavy (non-hydrogen) atoms. The molecular formula is C9H15FN4S. The van der Waals surface area contributed by atoms with Crippen LogP contribution in [-0.2, 0) is 0 Å². The van der Waals surface area contributed by atoms with Crippen molar-refractivity contribution in [3.63, 3.8) is 0 Å². The topological polar surface area (TPSA) is 32.3 Å². The van der Waals surface area contributed by atoms with Crippen LogP contribution in [0.3, 0.4) is 0 Å². The Morgan fingerprint density at radius 2 is 2.00 bits per heavy atom. The molecule has 1 aliphatic heterocycles. The highest BCUT2D eigenvalue weighted by Gasteiger charge is 2.18. The average Bonchev–Trinajstić information content (AvgIpc) is 2.67. The van der Waals surface area contributed by atoms with Gasteiger partial charge in [0.05, 0.1) is 0 Å². The maximum absolute atomic E-state index is 12.1. The normalized spacial score (nSPS) is 18.4. The van der Waals surface area contributed by atoms with Crippen LogP contribution in [0, 0.1) is 6.92 Å². The predicted molar refractivity (Wildman–Crippen MR) is 59.3 cm³/mol. The van der Waals surface area contributed by atoms with Crippen molar-refractivity contribution in [1.29, 1.82) is 0 Å². The van der Waals surface area contributed by atoms with Gasteiger partial charge in [0.25, 0.3) is 0 Å². The molecule has 0 aliphatic carbocycles. The Morgan fingerprint density at radius 3 is 2.53 bits per heavy atom. The molecular weight excluding hydrogens is 215 g/mol. The van der Waals surface area contributed by atoms with E-state index >= 15 is 0 Å². The van der Waals surface area contributed by atoms with Crippen molar-refractivity contribution < 1.29 is 4.39 Å². The number of hydrogen-bond donors (Lipinski definition) is 0. The molecule has 1 aromatic rings. The third-order valence-corrected chi connectivity index (χ3v) is 3.46. The number of aryl methyl sites for hydroxylation is 1. The summed E-state index contributed by atoms with van der Waals surface area (Å²) in [5.74, 6) is 0. The van der Waals surface area contributed by atoms with Crippen LogP contribution in [-0.4, -0.2) is 54.5 Å². The number of nitrogens with zero attached hydrogens (tertiary/aromatic N) is 4. The molecule has 0 atom stereocenters. The second-order valence-electron chi connectivity index (χ2n) is 3.62. The Kier molecular flexibility index (Phi) is 3.48. The summed E-state index contributed by atoms with van der Waals surface area (Å²) in [6.07, 6.45) is 0. The fourth-order valence-electron chi connectivity index (χ4n) is 1.70. The molecule has 0 bridgehead atoms. The zero-order chi connectivity index (χ0) is 10.7. The van der Waals surface area contributed by atoms with E-state index in [2.05, 4.69) is 20.0 Å². The number of alkyl halides is 1. The molecule has 1 aromatic heterocycles. The van der Waals surface area contributed by atoms with Gasteiger partial charge in [0.2, 0.25) is 5.13 Å². The lowest BCUT2D eigenvalue weighted by atomic mass is 10.3. The summed E-state index contributed by atoms with van der Waals surface area (Å²) in [4.78, 5) is 4.36. The highest BCUT2D eigenvalue weighted by atomic mass is 32.1. The second-order valence-corrected chi connectivity index (χ2v) is 4.78. The molecule has 1 saturated heterocycles. The van der Waals surface area contributed by atoms with E-state index in [0.29, 0.717) is 6.54 Å². The number of halogens is 1. The third-order valence-electron chi connectivity index (χ3n) is 2.56. The highest BCUT2D eigenvalue weighted by molar-refractivity contribution is 7.15. The first-order chi connectivity index (χ1) is 7.29. The summed E-state index contributed by atoms with van der Waals surface area (Å²) in [5.41, 5.74) is 0. The van der Waals surface area contributed by atoms with Gasteiger partial charge in [0, 0.05) is 32.7 Å². The van der Waals surface area contributed by atoms with E-state index in [0.717, 1.165) is 36.3 Å². The number of aromatic nitrogens is 2. The highest BCUT2D eigenvalue weighted by Crippen LogP contribution is 2.20. The molecule has 0 radical (unpaired) electrons. The van der Waals surface area contributed by atoms with E-state index in [1.54, 1.807) is 11.3 Å². The molecule has 84 valence electrons. The first-order valence-corrected chi connectivity index (χ1v) is 5.94. The summed E-state index contributed by atoms with van der Waals surface area (Å²) in [6.45, 7) is 5.95. The van der Waals surface area contributed by atoms with Gasteiger partial charge in [0.1, 0.15) is 11.7 Å². The number of piperazine rings is 1. The van der Waals surface area contributed by atoms with Crippen LogP contribution in [0.2, 0.25) is 0 Å². The van der Waals surface area contributed by atoms with Crippen molar-refractivity contribution in [3.05, 3.63) is 5.01 Å². The third kappa shape index (κ3) is 2.63. The van der Waals surface area contributed by atoms with Crippen LogP contribution in [0.15, 0.2) is 0 Å². The summed E-state index contributed by atoms with van der Waals surface area (Å²) >= 11 is 1.62. The molecule has 4 nitrogen and oxygen atoms in total. The summed E-state index contributed by atoms with van der Waals surface area (Å²) in [7, 11) is 0. The largest absolute Gasteiger partial charge is 0.344 e. The van der Waals surface area contributed by atoms with E-state index in [1.165, 1.54) is 0 Å². The molecule has 0 amide bonds. The smallest absolute Gasteiger partial charge is 0.208 e. The van der Waals surface area contributed by atoms with Crippen LogP contribution in [0.5, 0.6) is 0 Å². The first-order valence-electron chi connectivity index (χ1n) is 5.13. The van der Waals surface area contributed by atoms with E-state index in [-0.39, 0.29) is 6.67 Å². The van der Waals surface area contributed by atoms with Crippen molar-refractivity contribution in [2.45, 2.75) is 6.92 Å². The second kappa shape index (κ2) is 4.85. The average molecular weight is 230 g/mol. The first kappa shape index (κ1) is 10.8. The number of hydrogen-bond acceptors (Lipinski definition) is 5. The summed E-state index contributed by atoms with van der Waals surface area (Å²) in [6, 6.07) is 0. The van der Waals surface area contributed by atoms with Gasteiger partial charge in [-0.15, -0.1) is 10.2 Å². The maximum Gasteiger partial charge on any atom is 0.208 e.